The average molecular weight is 191 g/mol. The summed E-state index contributed by atoms with van der Waals surface area (Å²) in [6.07, 6.45) is 1.98. The van der Waals surface area contributed by atoms with Crippen LogP contribution in [0.3, 0.4) is 0 Å². The van der Waals surface area contributed by atoms with Crippen molar-refractivity contribution in [3.05, 3.63) is 29.8 Å². The molecule has 1 rings (SSSR count). The van der Waals surface area contributed by atoms with E-state index >= 15 is 0 Å². The lowest BCUT2D eigenvalue weighted by molar-refractivity contribution is 0.414. The molecule has 0 spiro atoms. The van der Waals surface area contributed by atoms with E-state index in [0.717, 1.165) is 12.3 Å². The van der Waals surface area contributed by atoms with Gasteiger partial charge in [0.05, 0.1) is 13.7 Å². The van der Waals surface area contributed by atoms with E-state index in [1.807, 2.05) is 30.5 Å². The van der Waals surface area contributed by atoms with Crippen LogP contribution in [0, 0.1) is 5.92 Å². The van der Waals surface area contributed by atoms with Gasteiger partial charge in [0.1, 0.15) is 5.75 Å². The van der Waals surface area contributed by atoms with Crippen LogP contribution in [-0.2, 0) is 6.54 Å². The third-order valence-electron chi connectivity index (χ3n) is 1.84. The van der Waals surface area contributed by atoms with Gasteiger partial charge in [0.2, 0.25) is 0 Å². The van der Waals surface area contributed by atoms with Crippen LogP contribution in [0.5, 0.6) is 5.75 Å². The molecule has 76 valence electrons. The van der Waals surface area contributed by atoms with Crippen LogP contribution >= 0.6 is 0 Å². The Hall–Kier alpha value is -1.31. The molecular weight excluding hydrogens is 174 g/mol. The monoisotopic (exact) mass is 191 g/mol. The molecule has 0 aromatic heterocycles. The summed E-state index contributed by atoms with van der Waals surface area (Å²) in [5.41, 5.74) is 1.21. The molecule has 0 N–H and O–H groups in total. The third kappa shape index (κ3) is 3.60. The number of rotatable bonds is 4. The minimum atomic E-state index is 0.522. The van der Waals surface area contributed by atoms with Crippen molar-refractivity contribution in [1.29, 1.82) is 0 Å². The highest BCUT2D eigenvalue weighted by molar-refractivity contribution is 5.59. The fourth-order valence-corrected chi connectivity index (χ4v) is 1.10. The predicted molar refractivity (Wildman–Crippen MR) is 60.0 cm³/mol. The average Bonchev–Trinajstić information content (AvgIpc) is 2.18. The molecule has 0 heterocycles. The molecule has 2 heteroatoms. The fraction of sp³-hybridized carbons (Fsp3) is 0.417. The molecule has 0 aliphatic heterocycles. The first-order valence-electron chi connectivity index (χ1n) is 4.85. The molecule has 0 fully saturated rings. The lowest BCUT2D eigenvalue weighted by Crippen LogP contribution is -1.89. The van der Waals surface area contributed by atoms with Crippen LogP contribution in [-0.4, -0.2) is 13.3 Å². The van der Waals surface area contributed by atoms with E-state index in [1.54, 1.807) is 7.11 Å². The zero-order valence-electron chi connectivity index (χ0n) is 9.03. The maximum atomic E-state index is 5.07. The van der Waals surface area contributed by atoms with Crippen molar-refractivity contribution in [3.8, 4) is 5.75 Å². The highest BCUT2D eigenvalue weighted by Gasteiger charge is 1.92. The Morgan fingerprint density at radius 3 is 2.43 bits per heavy atom. The summed E-state index contributed by atoms with van der Waals surface area (Å²) in [4.78, 5) is 4.33. The molecule has 1 aromatic rings. The zero-order valence-corrected chi connectivity index (χ0v) is 9.03. The molecule has 1 aromatic carbocycles. The first-order valence-corrected chi connectivity index (χ1v) is 4.85. The number of methoxy groups -OCH3 is 1. The summed E-state index contributed by atoms with van der Waals surface area (Å²) < 4.78 is 5.07. The summed E-state index contributed by atoms with van der Waals surface area (Å²) >= 11 is 0. The molecule has 0 saturated carbocycles. The first kappa shape index (κ1) is 10.8. The van der Waals surface area contributed by atoms with Crippen LogP contribution in [0.2, 0.25) is 0 Å². The maximum Gasteiger partial charge on any atom is 0.118 e. The Balaban J connectivity index is 2.52. The molecule has 0 atom stereocenters. The fourth-order valence-electron chi connectivity index (χ4n) is 1.10. The summed E-state index contributed by atoms with van der Waals surface area (Å²) in [5.74, 6) is 1.41. The number of ether oxygens (including phenoxy) is 1. The zero-order chi connectivity index (χ0) is 10.4. The highest BCUT2D eigenvalue weighted by Crippen LogP contribution is 2.11. The predicted octanol–water partition coefficient (Wildman–Crippen LogP) is 2.92. The van der Waals surface area contributed by atoms with Gasteiger partial charge in [-0.25, -0.2) is 0 Å². The van der Waals surface area contributed by atoms with E-state index in [9.17, 15) is 0 Å². The molecule has 0 radical (unpaired) electrons. The number of benzene rings is 1. The smallest absolute Gasteiger partial charge is 0.118 e. The van der Waals surface area contributed by atoms with E-state index in [2.05, 4.69) is 18.8 Å². The molecular formula is C12H17NO. The number of aliphatic imine (C=N–C) groups is 1. The van der Waals surface area contributed by atoms with Gasteiger partial charge >= 0.3 is 0 Å². The quantitative estimate of drug-likeness (QED) is 0.670. The molecule has 0 aliphatic rings. The molecule has 0 bridgehead atoms. The Kier molecular flexibility index (Phi) is 4.17. The van der Waals surface area contributed by atoms with E-state index < -0.39 is 0 Å². The molecule has 14 heavy (non-hydrogen) atoms. The van der Waals surface area contributed by atoms with Gasteiger partial charge in [-0.15, -0.1) is 0 Å². The maximum absolute atomic E-state index is 5.07. The summed E-state index contributed by atoms with van der Waals surface area (Å²) in [6.45, 7) is 5.00. The number of nitrogens with zero attached hydrogens (tertiary/aromatic N) is 1. The van der Waals surface area contributed by atoms with Crippen molar-refractivity contribution in [1.82, 2.24) is 0 Å². The molecule has 0 amide bonds. The van der Waals surface area contributed by atoms with Gasteiger partial charge in [-0.3, -0.25) is 4.99 Å². The van der Waals surface area contributed by atoms with E-state index in [0.29, 0.717) is 5.92 Å². The second-order valence-electron chi connectivity index (χ2n) is 3.58. The summed E-state index contributed by atoms with van der Waals surface area (Å²) in [6, 6.07) is 7.99. The van der Waals surface area contributed by atoms with Crippen LogP contribution in [0.1, 0.15) is 19.4 Å². The van der Waals surface area contributed by atoms with E-state index in [1.165, 1.54) is 5.56 Å². The minimum Gasteiger partial charge on any atom is -0.497 e. The van der Waals surface area contributed by atoms with Gasteiger partial charge in [0.15, 0.2) is 0 Å². The van der Waals surface area contributed by atoms with Crippen molar-refractivity contribution in [2.45, 2.75) is 20.4 Å². The lowest BCUT2D eigenvalue weighted by Gasteiger charge is -2.00. The van der Waals surface area contributed by atoms with Crippen LogP contribution in [0.25, 0.3) is 0 Å². The topological polar surface area (TPSA) is 21.6 Å². The Bertz CT molecular complexity index is 288. The van der Waals surface area contributed by atoms with Gasteiger partial charge in [0.25, 0.3) is 0 Å². The lowest BCUT2D eigenvalue weighted by atomic mass is 10.2. The van der Waals surface area contributed by atoms with E-state index in [4.69, 9.17) is 4.74 Å². The van der Waals surface area contributed by atoms with E-state index in [-0.39, 0.29) is 0 Å². The Labute approximate surface area is 85.6 Å². The Morgan fingerprint density at radius 2 is 1.93 bits per heavy atom. The van der Waals surface area contributed by atoms with Gasteiger partial charge in [-0.1, -0.05) is 26.0 Å². The van der Waals surface area contributed by atoms with Crippen molar-refractivity contribution in [2.24, 2.45) is 10.9 Å². The molecule has 0 unspecified atom stereocenters. The Morgan fingerprint density at radius 1 is 1.29 bits per heavy atom. The van der Waals surface area contributed by atoms with Crippen molar-refractivity contribution in [2.75, 3.05) is 7.11 Å². The normalized spacial score (nSPS) is 11.1. The second-order valence-corrected chi connectivity index (χ2v) is 3.58. The SMILES string of the molecule is COc1ccc(C/N=C/C(C)C)cc1. The van der Waals surface area contributed by atoms with Crippen LogP contribution in [0.4, 0.5) is 0 Å². The van der Waals surface area contributed by atoms with Gasteiger partial charge in [0, 0.05) is 6.21 Å². The summed E-state index contributed by atoms with van der Waals surface area (Å²) in [7, 11) is 1.67. The highest BCUT2D eigenvalue weighted by atomic mass is 16.5. The standard InChI is InChI=1S/C12H17NO/c1-10(2)8-13-9-11-4-6-12(14-3)7-5-11/h4-8,10H,9H2,1-3H3/b13-8+. The van der Waals surface area contributed by atoms with Crippen molar-refractivity contribution < 1.29 is 4.74 Å². The van der Waals surface area contributed by atoms with Crippen LogP contribution in [0.15, 0.2) is 29.3 Å². The summed E-state index contributed by atoms with van der Waals surface area (Å²) in [5, 5.41) is 0. The second kappa shape index (κ2) is 5.43. The minimum absolute atomic E-state index is 0.522. The largest absolute Gasteiger partial charge is 0.497 e. The van der Waals surface area contributed by atoms with Gasteiger partial charge in [-0.2, -0.15) is 0 Å². The molecule has 0 saturated heterocycles. The van der Waals surface area contributed by atoms with Crippen molar-refractivity contribution >= 4 is 6.21 Å². The van der Waals surface area contributed by atoms with Gasteiger partial charge in [-0.05, 0) is 23.6 Å². The third-order valence-corrected chi connectivity index (χ3v) is 1.84. The first-order chi connectivity index (χ1) is 6.72. The van der Waals surface area contributed by atoms with Gasteiger partial charge < -0.3 is 4.74 Å². The molecule has 0 aliphatic carbocycles. The van der Waals surface area contributed by atoms with Crippen molar-refractivity contribution in [3.63, 3.8) is 0 Å². The molecule has 2 nitrogen and oxygen atoms in total. The number of hydrogen-bond donors (Lipinski definition) is 0. The number of hydrogen-bond acceptors (Lipinski definition) is 2. The van der Waals surface area contributed by atoms with Crippen LogP contribution < -0.4 is 4.74 Å².